The second-order valence-electron chi connectivity index (χ2n) is 7.37. The molecule has 0 bridgehead atoms. The van der Waals surface area contributed by atoms with Crippen LogP contribution in [0.15, 0.2) is 81.7 Å². The van der Waals surface area contributed by atoms with Crippen molar-refractivity contribution in [2.24, 2.45) is 0 Å². The van der Waals surface area contributed by atoms with E-state index in [9.17, 15) is 9.18 Å². The Balaban J connectivity index is 1.33. The molecule has 1 aromatic heterocycles. The third-order valence-electron chi connectivity index (χ3n) is 4.96. The summed E-state index contributed by atoms with van der Waals surface area (Å²) in [5.41, 5.74) is 3.48. The summed E-state index contributed by atoms with van der Waals surface area (Å²) in [6.45, 7) is 4.20. The number of carbonyl (C=O) groups excluding carboxylic acids is 1. The zero-order valence-electron chi connectivity index (χ0n) is 18.1. The third-order valence-corrected chi connectivity index (χ3v) is 6.90. The van der Waals surface area contributed by atoms with E-state index in [-0.39, 0.29) is 23.0 Å². The van der Waals surface area contributed by atoms with E-state index >= 15 is 0 Å². The molecular formula is C24H22FN5OS2. The molecule has 33 heavy (non-hydrogen) atoms. The summed E-state index contributed by atoms with van der Waals surface area (Å²) in [6, 6.07) is 20.3. The Bertz CT molecular complexity index is 1290. The first kappa shape index (κ1) is 22.9. The van der Waals surface area contributed by atoms with Gasteiger partial charge in [-0.15, -0.1) is 10.2 Å². The number of hydrogen-bond acceptors (Lipinski definition) is 6. The number of amides is 1. The van der Waals surface area contributed by atoms with Crippen molar-refractivity contribution < 1.29 is 9.18 Å². The Morgan fingerprint density at radius 1 is 1.00 bits per heavy atom. The summed E-state index contributed by atoms with van der Waals surface area (Å²) in [6.07, 6.45) is 0. The molecule has 0 spiro atoms. The van der Waals surface area contributed by atoms with Gasteiger partial charge in [-0.25, -0.2) is 9.07 Å². The fourth-order valence-corrected chi connectivity index (χ4v) is 4.62. The number of carbonyl (C=O) groups is 1. The quantitative estimate of drug-likeness (QED) is 0.276. The van der Waals surface area contributed by atoms with Crippen molar-refractivity contribution in [3.8, 4) is 11.4 Å². The lowest BCUT2D eigenvalue weighted by molar-refractivity contribution is -0.113. The van der Waals surface area contributed by atoms with Gasteiger partial charge in [0.1, 0.15) is 5.82 Å². The van der Waals surface area contributed by atoms with Gasteiger partial charge in [0.25, 0.3) is 0 Å². The molecular weight excluding hydrogens is 457 g/mol. The number of thioether (sulfide) groups is 1. The van der Waals surface area contributed by atoms with Gasteiger partial charge in [0.2, 0.25) is 11.1 Å². The number of halogens is 1. The van der Waals surface area contributed by atoms with Gasteiger partial charge < -0.3 is 11.2 Å². The lowest BCUT2D eigenvalue weighted by Gasteiger charge is -2.08. The highest BCUT2D eigenvalue weighted by molar-refractivity contribution is 7.99. The molecule has 4 rings (SSSR count). The first-order chi connectivity index (χ1) is 15.9. The summed E-state index contributed by atoms with van der Waals surface area (Å²) in [5.74, 6) is 5.66. The standard InChI is InChI=1S/C24H22FN5OS2/c1-15-7-10-19(13-16(15)2)33-18-11-8-17(9-12-18)27-22(31)14-32-24-29-28-23(30(24)26)20-5-3-4-6-21(20)25/h3-13H,14,26H2,1-2H3,(H,27,31). The second-order valence-corrected chi connectivity index (χ2v) is 9.45. The third kappa shape index (κ3) is 5.55. The summed E-state index contributed by atoms with van der Waals surface area (Å²) >= 11 is 2.80. The van der Waals surface area contributed by atoms with E-state index in [2.05, 4.69) is 47.6 Å². The maximum atomic E-state index is 14.0. The first-order valence-corrected chi connectivity index (χ1v) is 11.9. The van der Waals surface area contributed by atoms with E-state index in [0.29, 0.717) is 10.8 Å². The molecule has 0 aliphatic rings. The zero-order chi connectivity index (χ0) is 23.4. The predicted octanol–water partition coefficient (Wildman–Crippen LogP) is 5.30. The number of aromatic nitrogens is 3. The largest absolute Gasteiger partial charge is 0.335 e. The predicted molar refractivity (Wildman–Crippen MR) is 131 cm³/mol. The molecule has 0 atom stereocenters. The van der Waals surface area contributed by atoms with Crippen molar-refractivity contribution in [3.05, 3.63) is 83.7 Å². The van der Waals surface area contributed by atoms with Crippen molar-refractivity contribution >= 4 is 35.1 Å². The Labute approximate surface area is 199 Å². The molecule has 9 heteroatoms. The molecule has 0 radical (unpaired) electrons. The Hall–Kier alpha value is -3.30. The molecule has 0 unspecified atom stereocenters. The highest BCUT2D eigenvalue weighted by atomic mass is 32.2. The number of nitrogens with one attached hydrogen (secondary N) is 1. The molecule has 3 N–H and O–H groups in total. The maximum Gasteiger partial charge on any atom is 0.234 e. The molecule has 1 amide bonds. The van der Waals surface area contributed by atoms with Crippen molar-refractivity contribution in [1.82, 2.24) is 14.9 Å². The van der Waals surface area contributed by atoms with E-state index < -0.39 is 5.82 Å². The average molecular weight is 480 g/mol. The minimum absolute atomic E-state index is 0.0890. The van der Waals surface area contributed by atoms with Gasteiger partial charge in [-0.05, 0) is 73.5 Å². The number of nitrogen functional groups attached to an aromatic ring is 1. The Morgan fingerprint density at radius 3 is 2.45 bits per heavy atom. The van der Waals surface area contributed by atoms with E-state index in [1.165, 1.54) is 26.8 Å². The van der Waals surface area contributed by atoms with Gasteiger partial charge >= 0.3 is 0 Å². The molecule has 1 heterocycles. The van der Waals surface area contributed by atoms with E-state index in [4.69, 9.17) is 5.84 Å². The fourth-order valence-electron chi connectivity index (χ4n) is 3.05. The average Bonchev–Trinajstić information content (AvgIpc) is 3.16. The number of anilines is 1. The van der Waals surface area contributed by atoms with Crippen LogP contribution in [0.25, 0.3) is 11.4 Å². The SMILES string of the molecule is Cc1ccc(Sc2ccc(NC(=O)CSc3nnc(-c4ccccc4F)n3N)cc2)cc1C. The van der Waals surface area contributed by atoms with E-state index in [1.54, 1.807) is 30.0 Å². The minimum atomic E-state index is -0.440. The molecule has 4 aromatic rings. The van der Waals surface area contributed by atoms with Gasteiger partial charge in [0, 0.05) is 15.5 Å². The number of aryl methyl sites for hydroxylation is 2. The van der Waals surface area contributed by atoms with E-state index in [0.717, 1.165) is 16.7 Å². The van der Waals surface area contributed by atoms with Gasteiger partial charge in [-0.2, -0.15) is 0 Å². The van der Waals surface area contributed by atoms with E-state index in [1.807, 2.05) is 24.3 Å². The van der Waals surface area contributed by atoms with Crippen LogP contribution in [0.2, 0.25) is 0 Å². The van der Waals surface area contributed by atoms with Gasteiger partial charge in [-0.3, -0.25) is 4.79 Å². The summed E-state index contributed by atoms with van der Waals surface area (Å²) in [4.78, 5) is 14.6. The molecule has 0 fully saturated rings. The zero-order valence-corrected chi connectivity index (χ0v) is 19.7. The van der Waals surface area contributed by atoms with Crippen LogP contribution in [0.3, 0.4) is 0 Å². The number of benzene rings is 3. The monoisotopic (exact) mass is 479 g/mol. The number of nitrogens with two attached hydrogens (primary N) is 1. The molecule has 0 saturated heterocycles. The van der Waals surface area contributed by atoms with Crippen LogP contribution < -0.4 is 11.2 Å². The lowest BCUT2D eigenvalue weighted by Crippen LogP contribution is -2.16. The smallest absolute Gasteiger partial charge is 0.234 e. The van der Waals surface area contributed by atoms with Gasteiger partial charge in [0.15, 0.2) is 5.82 Å². The minimum Gasteiger partial charge on any atom is -0.335 e. The van der Waals surface area contributed by atoms with Crippen molar-refractivity contribution in [1.29, 1.82) is 0 Å². The van der Waals surface area contributed by atoms with Crippen molar-refractivity contribution in [2.45, 2.75) is 28.8 Å². The molecule has 3 aromatic carbocycles. The molecule has 0 aliphatic carbocycles. The first-order valence-electron chi connectivity index (χ1n) is 10.1. The molecule has 168 valence electrons. The van der Waals surface area contributed by atoms with Crippen LogP contribution >= 0.6 is 23.5 Å². The topological polar surface area (TPSA) is 85.8 Å². The summed E-state index contributed by atoms with van der Waals surface area (Å²) in [7, 11) is 0. The van der Waals surface area contributed by atoms with Crippen LogP contribution in [0.5, 0.6) is 0 Å². The fraction of sp³-hybridized carbons (Fsp3) is 0.125. The van der Waals surface area contributed by atoms with Crippen molar-refractivity contribution in [2.75, 3.05) is 16.9 Å². The molecule has 0 aliphatic heterocycles. The molecule has 6 nitrogen and oxygen atoms in total. The maximum absolute atomic E-state index is 14.0. The Morgan fingerprint density at radius 2 is 1.73 bits per heavy atom. The second kappa shape index (κ2) is 10.1. The summed E-state index contributed by atoms with van der Waals surface area (Å²) in [5, 5.41) is 11.1. The number of rotatable bonds is 7. The van der Waals surface area contributed by atoms with Crippen LogP contribution in [0.4, 0.5) is 10.1 Å². The Kier molecular flexibility index (Phi) is 7.00. The number of nitrogens with zero attached hydrogens (tertiary/aromatic N) is 3. The lowest BCUT2D eigenvalue weighted by atomic mass is 10.1. The van der Waals surface area contributed by atoms with Crippen LogP contribution in [-0.4, -0.2) is 26.5 Å². The normalized spacial score (nSPS) is 10.9. The van der Waals surface area contributed by atoms with Crippen molar-refractivity contribution in [3.63, 3.8) is 0 Å². The van der Waals surface area contributed by atoms with Crippen LogP contribution in [0.1, 0.15) is 11.1 Å². The number of hydrogen-bond donors (Lipinski definition) is 2. The highest BCUT2D eigenvalue weighted by Crippen LogP contribution is 2.30. The van der Waals surface area contributed by atoms with Gasteiger partial charge in [-0.1, -0.05) is 41.7 Å². The summed E-state index contributed by atoms with van der Waals surface area (Å²) < 4.78 is 15.2. The van der Waals surface area contributed by atoms with Gasteiger partial charge in [0.05, 0.1) is 11.3 Å². The molecule has 0 saturated carbocycles. The van der Waals surface area contributed by atoms with Crippen LogP contribution in [-0.2, 0) is 4.79 Å². The highest BCUT2D eigenvalue weighted by Gasteiger charge is 2.16. The van der Waals surface area contributed by atoms with Crippen LogP contribution in [0, 0.1) is 19.7 Å².